The number of aliphatic hydroxyl groups excluding tert-OH is 1. The van der Waals surface area contributed by atoms with Crippen LogP contribution in [0.2, 0.25) is 0 Å². The summed E-state index contributed by atoms with van der Waals surface area (Å²) >= 11 is 0. The Bertz CT molecular complexity index is 2240. The van der Waals surface area contributed by atoms with Crippen molar-refractivity contribution < 1.29 is 67.0 Å². The number of aliphatic hydroxyl groups is 1. The molecule has 0 aromatic heterocycles. The van der Waals surface area contributed by atoms with E-state index in [1.165, 1.54) is 30.3 Å². The van der Waals surface area contributed by atoms with E-state index in [0.717, 1.165) is 40.5 Å². The van der Waals surface area contributed by atoms with Crippen molar-refractivity contribution in [2.45, 2.75) is 31.3 Å². The molecule has 60 heavy (non-hydrogen) atoms. The summed E-state index contributed by atoms with van der Waals surface area (Å²) in [4.78, 5) is 61.0. The monoisotopic (exact) mass is 818 g/mol. The zero-order valence-electron chi connectivity index (χ0n) is 32.6. The Hall–Kier alpha value is -7.29. The minimum atomic E-state index is -1.24. The highest BCUT2D eigenvalue weighted by atomic mass is 16.6. The number of esters is 5. The Morgan fingerprint density at radius 1 is 0.583 bits per heavy atom. The first-order chi connectivity index (χ1) is 28.9. The predicted octanol–water partition coefficient (Wildman–Crippen LogP) is 6.46. The van der Waals surface area contributed by atoms with E-state index in [0.29, 0.717) is 23.0 Å². The smallest absolute Gasteiger partial charge is 0.343 e. The van der Waals surface area contributed by atoms with E-state index in [2.05, 4.69) is 26.3 Å². The van der Waals surface area contributed by atoms with E-state index in [9.17, 15) is 29.1 Å². The normalized spacial score (nSPS) is 13.7. The molecule has 1 aliphatic rings. The molecular weight excluding hydrogens is 776 g/mol. The molecule has 0 heterocycles. The summed E-state index contributed by atoms with van der Waals surface area (Å²) in [6.45, 7) is 14.8. The third-order valence-corrected chi connectivity index (χ3v) is 8.87. The number of carbonyl (C=O) groups excluding carboxylic acids is 5. The van der Waals surface area contributed by atoms with Crippen LogP contribution in [0.15, 0.2) is 136 Å². The van der Waals surface area contributed by atoms with Crippen molar-refractivity contribution in [3.8, 4) is 34.1 Å². The van der Waals surface area contributed by atoms with Crippen molar-refractivity contribution in [3.05, 3.63) is 158 Å². The van der Waals surface area contributed by atoms with Crippen LogP contribution in [-0.4, -0.2) is 79.9 Å². The summed E-state index contributed by atoms with van der Waals surface area (Å²) < 4.78 is 43.3. The molecule has 4 atom stereocenters. The van der Waals surface area contributed by atoms with Gasteiger partial charge in [-0.15, -0.1) is 0 Å². The molecule has 1 N–H and O–H groups in total. The number of rotatable bonds is 21. The highest BCUT2D eigenvalue weighted by molar-refractivity contribution is 5.92. The topological polar surface area (TPSA) is 179 Å². The lowest BCUT2D eigenvalue weighted by atomic mass is 9.99. The first kappa shape index (κ1) is 43.8. The van der Waals surface area contributed by atoms with Gasteiger partial charge in [0.15, 0.2) is 18.5 Å². The van der Waals surface area contributed by atoms with Crippen LogP contribution in [0.1, 0.15) is 44.7 Å². The van der Waals surface area contributed by atoms with Gasteiger partial charge in [-0.3, -0.25) is 0 Å². The molecule has 14 nitrogen and oxygen atoms in total. The Balaban J connectivity index is 1.15. The molecule has 5 rings (SSSR count). The molecule has 4 aromatic rings. The minimum Gasteiger partial charge on any atom is -0.490 e. The van der Waals surface area contributed by atoms with E-state index in [4.69, 9.17) is 37.9 Å². The predicted molar refractivity (Wildman–Crippen MR) is 217 cm³/mol. The molecule has 0 spiro atoms. The lowest BCUT2D eigenvalue weighted by molar-refractivity contribution is -0.154. The maximum Gasteiger partial charge on any atom is 0.343 e. The van der Waals surface area contributed by atoms with Crippen LogP contribution in [0.25, 0.3) is 11.1 Å². The van der Waals surface area contributed by atoms with Gasteiger partial charge in [-0.25, -0.2) is 24.0 Å². The second-order valence-electron chi connectivity index (χ2n) is 13.0. The van der Waals surface area contributed by atoms with Crippen LogP contribution in [0.3, 0.4) is 0 Å². The van der Waals surface area contributed by atoms with E-state index in [1.54, 1.807) is 48.5 Å². The van der Waals surface area contributed by atoms with E-state index >= 15 is 0 Å². The summed E-state index contributed by atoms with van der Waals surface area (Å²) in [5.41, 5.74) is 4.28. The zero-order valence-corrected chi connectivity index (χ0v) is 32.6. The van der Waals surface area contributed by atoms with Crippen molar-refractivity contribution >= 4 is 29.8 Å². The van der Waals surface area contributed by atoms with Gasteiger partial charge in [0.1, 0.15) is 42.8 Å². The Kier molecular flexibility index (Phi) is 15.3. The Morgan fingerprint density at radius 3 is 1.42 bits per heavy atom. The standard InChI is InChI=1S/C46H42O14/c1-6-41(47)55-26-35(57-43(49)8-3)24-53-31-14-10-29(11-15-31)45(51)59-33-18-20-37-38-21-19-34(23-40(38)28(5)39(37)22-33)60-46(52)30-12-16-32(17-13-30)54-25-36(58-44(50)9-4)27-56-42(48)7-2/h6-23,28,35-36,41,47H,1-4,24-27H2,5H3. The third kappa shape index (κ3) is 11.9. The van der Waals surface area contributed by atoms with E-state index < -0.39 is 48.3 Å². The van der Waals surface area contributed by atoms with Crippen molar-refractivity contribution in [2.24, 2.45) is 0 Å². The van der Waals surface area contributed by atoms with Gasteiger partial charge in [0.05, 0.1) is 17.7 Å². The SMILES string of the molecule is C=CC(=O)OCC(COc1ccc(C(=O)Oc2ccc3c(c2)C(C)c2cc(OC(=O)c4ccc(OCC(COC(O)C=C)OC(=O)C=C)cc4)ccc2-3)cc1)OC(=O)C=C. The van der Waals surface area contributed by atoms with Gasteiger partial charge in [-0.1, -0.05) is 45.4 Å². The van der Waals surface area contributed by atoms with Gasteiger partial charge >= 0.3 is 29.8 Å². The van der Waals surface area contributed by atoms with Gasteiger partial charge in [-0.05, 0) is 101 Å². The Morgan fingerprint density at radius 2 is 1.00 bits per heavy atom. The molecule has 4 aromatic carbocycles. The molecule has 0 bridgehead atoms. The average molecular weight is 819 g/mol. The van der Waals surface area contributed by atoms with Crippen LogP contribution in [0, 0.1) is 0 Å². The molecule has 310 valence electrons. The number of fused-ring (bicyclic) bond motifs is 3. The third-order valence-electron chi connectivity index (χ3n) is 8.87. The molecule has 0 fully saturated rings. The molecule has 0 radical (unpaired) electrons. The number of carbonyl (C=O) groups is 5. The summed E-state index contributed by atoms with van der Waals surface area (Å²) in [6.07, 6.45) is 1.13. The lowest BCUT2D eigenvalue weighted by Crippen LogP contribution is -2.31. The van der Waals surface area contributed by atoms with Gasteiger partial charge < -0.3 is 43.0 Å². The van der Waals surface area contributed by atoms with E-state index in [-0.39, 0.29) is 43.5 Å². The quantitative estimate of drug-likeness (QED) is 0.0242. The summed E-state index contributed by atoms with van der Waals surface area (Å²) in [5, 5.41) is 9.59. The largest absolute Gasteiger partial charge is 0.490 e. The van der Waals surface area contributed by atoms with Crippen LogP contribution in [0.4, 0.5) is 0 Å². The zero-order chi connectivity index (χ0) is 43.2. The van der Waals surface area contributed by atoms with Crippen molar-refractivity contribution in [1.82, 2.24) is 0 Å². The molecule has 0 amide bonds. The van der Waals surface area contributed by atoms with Crippen molar-refractivity contribution in [2.75, 3.05) is 26.4 Å². The molecular formula is C46H42O14. The second kappa shape index (κ2) is 20.9. The number of hydrogen-bond acceptors (Lipinski definition) is 14. The van der Waals surface area contributed by atoms with Gasteiger partial charge in [-0.2, -0.15) is 0 Å². The molecule has 0 saturated heterocycles. The fourth-order valence-electron chi connectivity index (χ4n) is 5.83. The van der Waals surface area contributed by atoms with Gasteiger partial charge in [0.25, 0.3) is 0 Å². The molecule has 1 aliphatic carbocycles. The van der Waals surface area contributed by atoms with Crippen LogP contribution in [0.5, 0.6) is 23.0 Å². The molecule has 0 saturated carbocycles. The maximum absolute atomic E-state index is 13.1. The highest BCUT2D eigenvalue weighted by Gasteiger charge is 2.27. The molecule has 4 unspecified atom stereocenters. The summed E-state index contributed by atoms with van der Waals surface area (Å²) in [7, 11) is 0. The average Bonchev–Trinajstić information content (AvgIpc) is 3.54. The molecule has 14 heteroatoms. The first-order valence-electron chi connectivity index (χ1n) is 18.5. The van der Waals surface area contributed by atoms with Gasteiger partial charge in [0.2, 0.25) is 0 Å². The second-order valence-corrected chi connectivity index (χ2v) is 13.0. The lowest BCUT2D eigenvalue weighted by Gasteiger charge is -2.19. The number of ether oxygens (including phenoxy) is 8. The molecule has 0 aliphatic heterocycles. The summed E-state index contributed by atoms with van der Waals surface area (Å²) in [5.74, 6) is -1.95. The summed E-state index contributed by atoms with van der Waals surface area (Å²) in [6, 6.07) is 23.1. The fourth-order valence-corrected chi connectivity index (χ4v) is 5.83. The van der Waals surface area contributed by atoms with Crippen LogP contribution < -0.4 is 18.9 Å². The fraction of sp³-hybridized carbons (Fsp3) is 0.196. The minimum absolute atomic E-state index is 0.0989. The number of hydrogen-bond donors (Lipinski definition) is 1. The highest BCUT2D eigenvalue weighted by Crippen LogP contribution is 2.47. The Labute approximate surface area is 345 Å². The van der Waals surface area contributed by atoms with Crippen LogP contribution >= 0.6 is 0 Å². The van der Waals surface area contributed by atoms with Crippen molar-refractivity contribution in [3.63, 3.8) is 0 Å². The number of benzene rings is 4. The van der Waals surface area contributed by atoms with Crippen molar-refractivity contribution in [1.29, 1.82) is 0 Å². The maximum atomic E-state index is 13.1. The first-order valence-corrected chi connectivity index (χ1v) is 18.5. The van der Waals surface area contributed by atoms with Gasteiger partial charge in [0, 0.05) is 24.1 Å². The van der Waals surface area contributed by atoms with E-state index in [1.807, 2.05) is 19.1 Å². The van der Waals surface area contributed by atoms with Crippen LogP contribution in [-0.2, 0) is 33.3 Å².